The lowest BCUT2D eigenvalue weighted by atomic mass is 10.2. The zero-order chi connectivity index (χ0) is 15.5. The van der Waals surface area contributed by atoms with Gasteiger partial charge < -0.3 is 4.42 Å². The maximum Gasteiger partial charge on any atom is 0.322 e. The van der Waals surface area contributed by atoms with Gasteiger partial charge in [-0.2, -0.15) is 11.3 Å². The first-order valence-corrected chi connectivity index (χ1v) is 6.99. The molecule has 2 heterocycles. The van der Waals surface area contributed by atoms with E-state index >= 15 is 0 Å². The summed E-state index contributed by atoms with van der Waals surface area (Å²) in [7, 11) is 0. The van der Waals surface area contributed by atoms with E-state index < -0.39 is 10.8 Å². The molecule has 1 N–H and O–H groups in total. The highest BCUT2D eigenvalue weighted by Gasteiger charge is 2.15. The van der Waals surface area contributed by atoms with E-state index in [9.17, 15) is 14.9 Å². The molecule has 0 saturated carbocycles. The Labute approximate surface area is 127 Å². The molecule has 0 unspecified atom stereocenters. The van der Waals surface area contributed by atoms with Crippen molar-refractivity contribution < 1.29 is 14.1 Å². The highest BCUT2D eigenvalue weighted by molar-refractivity contribution is 7.08. The molecule has 3 aromatic rings. The SMILES string of the molecule is O=C(Nc1nnc(-c2ccsc2)o1)c1cccc([N+](=O)[O-])c1. The van der Waals surface area contributed by atoms with E-state index in [4.69, 9.17) is 4.42 Å². The summed E-state index contributed by atoms with van der Waals surface area (Å²) in [6.45, 7) is 0. The molecule has 1 amide bonds. The van der Waals surface area contributed by atoms with Crippen LogP contribution >= 0.6 is 11.3 Å². The van der Waals surface area contributed by atoms with Crippen LogP contribution in [0, 0.1) is 10.1 Å². The van der Waals surface area contributed by atoms with Crippen LogP contribution < -0.4 is 5.32 Å². The van der Waals surface area contributed by atoms with Crippen LogP contribution in [0.3, 0.4) is 0 Å². The van der Waals surface area contributed by atoms with Crippen molar-refractivity contribution in [2.45, 2.75) is 0 Å². The summed E-state index contributed by atoms with van der Waals surface area (Å²) in [4.78, 5) is 22.2. The van der Waals surface area contributed by atoms with Gasteiger partial charge in [0.05, 0.1) is 4.92 Å². The number of rotatable bonds is 4. The molecule has 1 aromatic carbocycles. The van der Waals surface area contributed by atoms with Crippen molar-refractivity contribution in [3.05, 3.63) is 56.8 Å². The molecular formula is C13H8N4O4S. The van der Waals surface area contributed by atoms with E-state index in [0.29, 0.717) is 0 Å². The number of thiophene rings is 1. The Morgan fingerprint density at radius 1 is 1.32 bits per heavy atom. The van der Waals surface area contributed by atoms with Crippen molar-refractivity contribution in [3.8, 4) is 11.5 Å². The standard InChI is InChI=1S/C13H8N4O4S/c18-11(8-2-1-3-10(6-8)17(19)20)14-13-16-15-12(21-13)9-4-5-22-7-9/h1-7H,(H,14,16,18). The molecule has 0 spiro atoms. The fraction of sp³-hybridized carbons (Fsp3) is 0. The molecule has 9 heteroatoms. The van der Waals surface area contributed by atoms with Gasteiger partial charge in [-0.15, -0.1) is 5.10 Å². The molecular weight excluding hydrogens is 308 g/mol. The summed E-state index contributed by atoms with van der Waals surface area (Å²) in [5, 5.41) is 24.3. The molecule has 0 aliphatic carbocycles. The number of amides is 1. The number of carbonyl (C=O) groups is 1. The molecule has 2 aromatic heterocycles. The second kappa shape index (κ2) is 5.74. The Balaban J connectivity index is 1.77. The van der Waals surface area contributed by atoms with E-state index in [1.54, 1.807) is 0 Å². The first-order chi connectivity index (χ1) is 10.6. The lowest BCUT2D eigenvalue weighted by Gasteiger charge is -2.00. The number of nitrogens with one attached hydrogen (secondary N) is 1. The first-order valence-electron chi connectivity index (χ1n) is 6.05. The number of nitro groups is 1. The quantitative estimate of drug-likeness (QED) is 0.585. The number of anilines is 1. The predicted octanol–water partition coefficient (Wildman–Crippen LogP) is 2.96. The number of carbonyl (C=O) groups excluding carboxylic acids is 1. The summed E-state index contributed by atoms with van der Waals surface area (Å²) < 4.78 is 5.32. The fourth-order valence-corrected chi connectivity index (χ4v) is 2.34. The minimum absolute atomic E-state index is 0.0716. The van der Waals surface area contributed by atoms with Gasteiger partial charge in [0.25, 0.3) is 17.5 Å². The van der Waals surface area contributed by atoms with Gasteiger partial charge >= 0.3 is 6.01 Å². The van der Waals surface area contributed by atoms with Crippen LogP contribution in [-0.4, -0.2) is 21.0 Å². The van der Waals surface area contributed by atoms with Gasteiger partial charge in [0.2, 0.25) is 0 Å². The number of hydrogen-bond acceptors (Lipinski definition) is 7. The van der Waals surface area contributed by atoms with E-state index in [0.717, 1.165) is 5.56 Å². The van der Waals surface area contributed by atoms with Crippen molar-refractivity contribution >= 4 is 28.9 Å². The zero-order valence-corrected chi connectivity index (χ0v) is 11.7. The molecule has 0 bridgehead atoms. The minimum Gasteiger partial charge on any atom is -0.403 e. The predicted molar refractivity (Wildman–Crippen MR) is 78.7 cm³/mol. The van der Waals surface area contributed by atoms with Crippen molar-refractivity contribution in [2.24, 2.45) is 0 Å². The van der Waals surface area contributed by atoms with Gasteiger partial charge in [0.1, 0.15) is 0 Å². The van der Waals surface area contributed by atoms with Crippen molar-refractivity contribution in [1.82, 2.24) is 10.2 Å². The number of nitro benzene ring substituents is 1. The molecule has 0 aliphatic rings. The third kappa shape index (κ3) is 2.83. The van der Waals surface area contributed by atoms with E-state index in [-0.39, 0.29) is 23.2 Å². The largest absolute Gasteiger partial charge is 0.403 e. The lowest BCUT2D eigenvalue weighted by Crippen LogP contribution is -2.12. The second-order valence-electron chi connectivity index (χ2n) is 4.19. The Morgan fingerprint density at radius 3 is 2.91 bits per heavy atom. The van der Waals surface area contributed by atoms with Gasteiger partial charge in [-0.3, -0.25) is 20.2 Å². The number of non-ortho nitro benzene ring substituents is 1. The number of benzene rings is 1. The first kappa shape index (κ1) is 13.9. The Hall–Kier alpha value is -3.07. The Bertz CT molecular complexity index is 828. The van der Waals surface area contributed by atoms with E-state index in [1.807, 2.05) is 16.8 Å². The molecule has 3 rings (SSSR count). The summed E-state index contributed by atoms with van der Waals surface area (Å²) in [6, 6.07) is 7.10. The number of nitrogens with zero attached hydrogens (tertiary/aromatic N) is 3. The summed E-state index contributed by atoms with van der Waals surface area (Å²) in [5.74, 6) is -0.278. The maximum absolute atomic E-state index is 12.0. The lowest BCUT2D eigenvalue weighted by molar-refractivity contribution is -0.384. The molecule has 0 radical (unpaired) electrons. The highest BCUT2D eigenvalue weighted by atomic mass is 32.1. The van der Waals surface area contributed by atoms with Crippen LogP contribution in [0.15, 0.2) is 45.5 Å². The molecule has 0 saturated heterocycles. The van der Waals surface area contributed by atoms with Gasteiger partial charge in [0, 0.05) is 28.6 Å². The van der Waals surface area contributed by atoms with Crippen molar-refractivity contribution in [3.63, 3.8) is 0 Å². The molecule has 110 valence electrons. The zero-order valence-electron chi connectivity index (χ0n) is 10.9. The van der Waals surface area contributed by atoms with Gasteiger partial charge in [-0.25, -0.2) is 0 Å². The monoisotopic (exact) mass is 316 g/mol. The summed E-state index contributed by atoms with van der Waals surface area (Å²) in [6.07, 6.45) is 0. The Kier molecular flexibility index (Phi) is 3.62. The Morgan fingerprint density at radius 2 is 2.18 bits per heavy atom. The second-order valence-corrected chi connectivity index (χ2v) is 4.97. The highest BCUT2D eigenvalue weighted by Crippen LogP contribution is 2.22. The van der Waals surface area contributed by atoms with Crippen molar-refractivity contribution in [2.75, 3.05) is 5.32 Å². The molecule has 0 atom stereocenters. The third-order valence-corrected chi connectivity index (χ3v) is 3.42. The average Bonchev–Trinajstić information content (AvgIpc) is 3.18. The molecule has 0 aliphatic heterocycles. The number of aromatic nitrogens is 2. The number of hydrogen-bond donors (Lipinski definition) is 1. The fourth-order valence-electron chi connectivity index (χ4n) is 1.71. The third-order valence-electron chi connectivity index (χ3n) is 2.73. The van der Waals surface area contributed by atoms with Gasteiger partial charge in [-0.1, -0.05) is 11.2 Å². The average molecular weight is 316 g/mol. The normalized spacial score (nSPS) is 10.4. The minimum atomic E-state index is -0.571. The topological polar surface area (TPSA) is 111 Å². The van der Waals surface area contributed by atoms with Crippen LogP contribution in [0.1, 0.15) is 10.4 Å². The summed E-state index contributed by atoms with van der Waals surface area (Å²) >= 11 is 1.48. The van der Waals surface area contributed by atoms with Crippen LogP contribution in [0.4, 0.5) is 11.7 Å². The summed E-state index contributed by atoms with van der Waals surface area (Å²) in [5.41, 5.74) is 0.718. The van der Waals surface area contributed by atoms with Crippen LogP contribution in [0.2, 0.25) is 0 Å². The van der Waals surface area contributed by atoms with E-state index in [1.165, 1.54) is 35.6 Å². The van der Waals surface area contributed by atoms with Gasteiger partial charge in [-0.05, 0) is 17.5 Å². The van der Waals surface area contributed by atoms with Crippen LogP contribution in [0.5, 0.6) is 0 Å². The van der Waals surface area contributed by atoms with Crippen LogP contribution in [0.25, 0.3) is 11.5 Å². The maximum atomic E-state index is 12.0. The van der Waals surface area contributed by atoms with Crippen molar-refractivity contribution in [1.29, 1.82) is 0 Å². The molecule has 22 heavy (non-hydrogen) atoms. The van der Waals surface area contributed by atoms with Gasteiger partial charge in [0.15, 0.2) is 0 Å². The molecule has 0 fully saturated rings. The van der Waals surface area contributed by atoms with E-state index in [2.05, 4.69) is 15.5 Å². The molecule has 8 nitrogen and oxygen atoms in total. The van der Waals surface area contributed by atoms with Crippen LogP contribution in [-0.2, 0) is 0 Å². The smallest absolute Gasteiger partial charge is 0.322 e.